The molecule has 0 N–H and O–H groups in total. The molecule has 0 aromatic rings. The van der Waals surface area contributed by atoms with Crippen LogP contribution in [0.5, 0.6) is 0 Å². The molecule has 0 aliphatic carbocycles. The van der Waals surface area contributed by atoms with E-state index in [2.05, 4.69) is 73.9 Å². The Kier molecular flexibility index (Phi) is 6.96. The summed E-state index contributed by atoms with van der Waals surface area (Å²) in [6.07, 6.45) is 1.06. The monoisotopic (exact) mass is 334 g/mol. The summed E-state index contributed by atoms with van der Waals surface area (Å²) in [4.78, 5) is 0. The maximum Gasteiger partial charge on any atom is 0.207 e. The van der Waals surface area contributed by atoms with Crippen molar-refractivity contribution < 1.29 is 8.85 Å². The summed E-state index contributed by atoms with van der Waals surface area (Å²) in [5.74, 6) is 0. The molecule has 0 aliphatic rings. The van der Waals surface area contributed by atoms with Gasteiger partial charge in [0.2, 0.25) is 9.04 Å². The van der Waals surface area contributed by atoms with Crippen LogP contribution in [0.3, 0.4) is 0 Å². The second kappa shape index (κ2) is 6.77. The van der Waals surface area contributed by atoms with E-state index in [9.17, 15) is 0 Å². The molecule has 0 rings (SSSR count). The van der Waals surface area contributed by atoms with Gasteiger partial charge in [0.1, 0.15) is 0 Å². The van der Waals surface area contributed by atoms with Crippen molar-refractivity contribution in [2.24, 2.45) is 0 Å². The SMILES string of the molecule is CC[SiH](OC(C)(C)[Si](C)(C)C)C(C)(CC)O[Si](C)(C)C. The van der Waals surface area contributed by atoms with E-state index >= 15 is 0 Å². The molecular formula is C15H38O2Si3. The van der Waals surface area contributed by atoms with Gasteiger partial charge in [-0.15, -0.1) is 0 Å². The van der Waals surface area contributed by atoms with Crippen LogP contribution < -0.4 is 0 Å². The zero-order chi connectivity index (χ0) is 16.4. The van der Waals surface area contributed by atoms with Crippen molar-refractivity contribution in [3.63, 3.8) is 0 Å². The van der Waals surface area contributed by atoms with Crippen LogP contribution in [0, 0.1) is 0 Å². The first kappa shape index (κ1) is 20.6. The molecule has 0 amide bonds. The molecule has 2 atom stereocenters. The summed E-state index contributed by atoms with van der Waals surface area (Å²) in [6.45, 7) is 25.5. The van der Waals surface area contributed by atoms with E-state index in [0.29, 0.717) is 0 Å². The maximum absolute atomic E-state index is 6.75. The standard InChI is InChI=1S/C15H38O2Si3/c1-12-15(5,17-20(9,10)11)18(13-2)16-14(3,4)19(6,7)8/h18H,12-13H2,1-11H3. The first-order valence-electron chi connectivity index (χ1n) is 8.06. The molecule has 5 heteroatoms. The Hall–Kier alpha value is 0.571. The molecule has 122 valence electrons. The average molecular weight is 335 g/mol. The first-order chi connectivity index (χ1) is 8.68. The molecule has 20 heavy (non-hydrogen) atoms. The molecule has 2 unspecified atom stereocenters. The largest absolute Gasteiger partial charge is 0.415 e. The highest BCUT2D eigenvalue weighted by Crippen LogP contribution is 2.32. The normalized spacial score (nSPS) is 18.8. The topological polar surface area (TPSA) is 18.5 Å². The minimum Gasteiger partial charge on any atom is -0.415 e. The lowest BCUT2D eigenvalue weighted by Gasteiger charge is -2.47. The average Bonchev–Trinajstić information content (AvgIpc) is 2.21. The lowest BCUT2D eigenvalue weighted by Crippen LogP contribution is -2.59. The van der Waals surface area contributed by atoms with E-state index < -0.39 is 25.4 Å². The Balaban J connectivity index is 5.24. The smallest absolute Gasteiger partial charge is 0.207 e. The van der Waals surface area contributed by atoms with Crippen LogP contribution in [0.4, 0.5) is 0 Å². The molecule has 0 fully saturated rings. The van der Waals surface area contributed by atoms with Crippen LogP contribution in [-0.2, 0) is 8.85 Å². The van der Waals surface area contributed by atoms with Gasteiger partial charge in [-0.25, -0.2) is 0 Å². The predicted octanol–water partition coefficient (Wildman–Crippen LogP) is 4.96. The molecule has 0 bridgehead atoms. The zero-order valence-corrected chi connectivity index (χ0v) is 19.0. The Labute approximate surface area is 131 Å². The molecule has 0 saturated heterocycles. The lowest BCUT2D eigenvalue weighted by atomic mass is 10.3. The number of hydrogen-bond acceptors (Lipinski definition) is 2. The van der Waals surface area contributed by atoms with Crippen molar-refractivity contribution in [3.05, 3.63) is 0 Å². The van der Waals surface area contributed by atoms with Crippen LogP contribution >= 0.6 is 0 Å². The zero-order valence-electron chi connectivity index (χ0n) is 15.8. The van der Waals surface area contributed by atoms with Gasteiger partial charge in [0.25, 0.3) is 0 Å². The van der Waals surface area contributed by atoms with Crippen LogP contribution in [-0.4, -0.2) is 35.9 Å². The Bertz CT molecular complexity index is 305. The van der Waals surface area contributed by atoms with Crippen molar-refractivity contribution in [2.75, 3.05) is 0 Å². The van der Waals surface area contributed by atoms with E-state index in [4.69, 9.17) is 8.85 Å². The van der Waals surface area contributed by atoms with Crippen LogP contribution in [0.2, 0.25) is 45.3 Å². The van der Waals surface area contributed by atoms with Crippen molar-refractivity contribution >= 4 is 25.4 Å². The van der Waals surface area contributed by atoms with Crippen molar-refractivity contribution in [3.8, 4) is 0 Å². The summed E-state index contributed by atoms with van der Waals surface area (Å²) in [5.41, 5.74) is 0. The molecule has 0 aromatic carbocycles. The summed E-state index contributed by atoms with van der Waals surface area (Å²) in [6, 6.07) is 1.14. The quantitative estimate of drug-likeness (QED) is 0.584. The molecular weight excluding hydrogens is 296 g/mol. The minimum absolute atomic E-state index is 0.0269. The highest BCUT2D eigenvalue weighted by Gasteiger charge is 2.45. The molecule has 0 radical (unpaired) electrons. The first-order valence-corrected chi connectivity index (χ1v) is 16.8. The van der Waals surface area contributed by atoms with E-state index in [1.165, 1.54) is 0 Å². The molecule has 0 spiro atoms. The van der Waals surface area contributed by atoms with Crippen molar-refractivity contribution in [2.45, 2.75) is 96.8 Å². The van der Waals surface area contributed by atoms with Gasteiger partial charge in [-0.2, -0.15) is 0 Å². The molecule has 0 saturated carbocycles. The van der Waals surface area contributed by atoms with Gasteiger partial charge in [-0.05, 0) is 52.9 Å². The third kappa shape index (κ3) is 5.75. The van der Waals surface area contributed by atoms with Gasteiger partial charge in [-0.3, -0.25) is 0 Å². The molecule has 0 heterocycles. The predicted molar refractivity (Wildman–Crippen MR) is 99.3 cm³/mol. The van der Waals surface area contributed by atoms with E-state index in [1.54, 1.807) is 0 Å². The van der Waals surface area contributed by atoms with Gasteiger partial charge >= 0.3 is 0 Å². The second-order valence-corrected chi connectivity index (χ2v) is 22.0. The van der Waals surface area contributed by atoms with Gasteiger partial charge < -0.3 is 8.85 Å². The second-order valence-electron chi connectivity index (χ2n) is 8.66. The molecule has 2 nitrogen and oxygen atoms in total. The van der Waals surface area contributed by atoms with Crippen LogP contribution in [0.25, 0.3) is 0 Å². The Morgan fingerprint density at radius 2 is 1.35 bits per heavy atom. The summed E-state index contributed by atoms with van der Waals surface area (Å²) in [7, 11) is -4.31. The maximum atomic E-state index is 6.75. The Morgan fingerprint density at radius 1 is 0.900 bits per heavy atom. The fraction of sp³-hybridized carbons (Fsp3) is 1.00. The highest BCUT2D eigenvalue weighted by atomic mass is 28.4. The van der Waals surface area contributed by atoms with Crippen molar-refractivity contribution in [1.82, 2.24) is 0 Å². The summed E-state index contributed by atoms with van der Waals surface area (Å²) in [5, 5.41) is -0.00469. The fourth-order valence-corrected chi connectivity index (χ4v) is 9.65. The molecule has 0 aromatic heterocycles. The third-order valence-electron chi connectivity index (χ3n) is 4.54. The summed E-state index contributed by atoms with van der Waals surface area (Å²) >= 11 is 0. The van der Waals surface area contributed by atoms with Crippen LogP contribution in [0.15, 0.2) is 0 Å². The van der Waals surface area contributed by atoms with Gasteiger partial charge in [0, 0.05) is 5.22 Å². The fourth-order valence-electron chi connectivity index (χ4n) is 2.24. The van der Waals surface area contributed by atoms with Gasteiger partial charge in [0.15, 0.2) is 8.32 Å². The molecule has 0 aliphatic heterocycles. The number of hydrogen-bond donors (Lipinski definition) is 0. The van der Waals surface area contributed by atoms with E-state index in [-0.39, 0.29) is 10.4 Å². The van der Waals surface area contributed by atoms with E-state index in [1.807, 2.05) is 0 Å². The van der Waals surface area contributed by atoms with Crippen LogP contribution in [0.1, 0.15) is 41.0 Å². The highest BCUT2D eigenvalue weighted by molar-refractivity contribution is 6.79. The Morgan fingerprint density at radius 3 is 1.60 bits per heavy atom. The van der Waals surface area contributed by atoms with Crippen molar-refractivity contribution in [1.29, 1.82) is 0 Å². The minimum atomic E-state index is -1.55. The van der Waals surface area contributed by atoms with Gasteiger partial charge in [-0.1, -0.05) is 33.5 Å². The number of rotatable bonds is 8. The van der Waals surface area contributed by atoms with Gasteiger partial charge in [0.05, 0.1) is 13.3 Å². The van der Waals surface area contributed by atoms with E-state index in [0.717, 1.165) is 12.5 Å². The third-order valence-corrected chi connectivity index (χ3v) is 13.3. The lowest BCUT2D eigenvalue weighted by molar-refractivity contribution is 0.0963. The summed E-state index contributed by atoms with van der Waals surface area (Å²) < 4.78 is 13.3.